The van der Waals surface area contributed by atoms with Gasteiger partial charge in [0.2, 0.25) is 5.91 Å². The van der Waals surface area contributed by atoms with Crippen molar-refractivity contribution in [1.82, 2.24) is 10.4 Å². The van der Waals surface area contributed by atoms with E-state index in [1.807, 2.05) is 109 Å². The lowest BCUT2D eigenvalue weighted by Gasteiger charge is -2.24. The third kappa shape index (κ3) is 8.28. The van der Waals surface area contributed by atoms with Gasteiger partial charge in [0.1, 0.15) is 5.75 Å². The van der Waals surface area contributed by atoms with E-state index < -0.39 is 12.4 Å². The van der Waals surface area contributed by atoms with Gasteiger partial charge in [-0.15, -0.1) is 0 Å². The first-order chi connectivity index (χ1) is 19.6. The van der Waals surface area contributed by atoms with Gasteiger partial charge in [0.25, 0.3) is 5.91 Å². The van der Waals surface area contributed by atoms with Gasteiger partial charge in [0.15, 0.2) is 0 Å². The van der Waals surface area contributed by atoms with Crippen LogP contribution in [0.15, 0.2) is 109 Å². The van der Waals surface area contributed by atoms with Crippen LogP contribution in [0.2, 0.25) is 0 Å². The molecule has 0 aliphatic carbocycles. The number of nitrogens with zero attached hydrogens (tertiary/aromatic N) is 1. The number of para-hydroxylation sites is 1. The van der Waals surface area contributed by atoms with Crippen LogP contribution in [0.4, 0.5) is 0 Å². The van der Waals surface area contributed by atoms with E-state index in [-0.39, 0.29) is 18.9 Å². The first-order valence-electron chi connectivity index (χ1n) is 13.7. The van der Waals surface area contributed by atoms with Gasteiger partial charge < -0.3 is 9.64 Å². The molecule has 2 amide bonds. The largest absolute Gasteiger partial charge is 0.493 e. The van der Waals surface area contributed by atoms with Crippen LogP contribution >= 0.6 is 0 Å². The Morgan fingerprint density at radius 1 is 0.769 bits per heavy atom. The predicted molar refractivity (Wildman–Crippen MR) is 152 cm³/mol. The van der Waals surface area contributed by atoms with E-state index in [2.05, 4.69) is 0 Å². The SMILES string of the molecule is [2H]C(c1ccccc1OCCCCCC(=O)NO)N(Cc1ccccc1)C(=O)c1ccc(-c2ccccc2)cc1. The number of hydroxylamine groups is 1. The number of nitrogens with one attached hydrogen (secondary N) is 1. The summed E-state index contributed by atoms with van der Waals surface area (Å²) in [6, 6.07) is 34.5. The highest BCUT2D eigenvalue weighted by Gasteiger charge is 2.19. The van der Waals surface area contributed by atoms with E-state index in [4.69, 9.17) is 9.94 Å². The zero-order valence-electron chi connectivity index (χ0n) is 22.8. The fourth-order valence-electron chi connectivity index (χ4n) is 4.25. The van der Waals surface area contributed by atoms with Gasteiger partial charge in [-0.3, -0.25) is 14.8 Å². The average molecular weight is 524 g/mol. The van der Waals surface area contributed by atoms with Crippen LogP contribution in [0, 0.1) is 0 Å². The number of hydrogen-bond donors (Lipinski definition) is 2. The Bertz CT molecular complexity index is 1360. The van der Waals surface area contributed by atoms with Crippen molar-refractivity contribution in [1.29, 1.82) is 0 Å². The first kappa shape index (κ1) is 26.2. The van der Waals surface area contributed by atoms with E-state index in [1.165, 1.54) is 0 Å². The van der Waals surface area contributed by atoms with Crippen molar-refractivity contribution in [2.24, 2.45) is 0 Å². The Balaban J connectivity index is 1.51. The highest BCUT2D eigenvalue weighted by molar-refractivity contribution is 5.94. The second kappa shape index (κ2) is 14.5. The molecule has 39 heavy (non-hydrogen) atoms. The van der Waals surface area contributed by atoms with Crippen LogP contribution in [-0.4, -0.2) is 28.5 Å². The molecule has 0 aromatic heterocycles. The Hall–Kier alpha value is -4.42. The average Bonchev–Trinajstić information content (AvgIpc) is 3.02. The molecule has 0 saturated heterocycles. The van der Waals surface area contributed by atoms with Crippen LogP contribution in [-0.2, 0) is 17.9 Å². The summed E-state index contributed by atoms with van der Waals surface area (Å²) < 4.78 is 15.2. The fraction of sp³-hybridized carbons (Fsp3) is 0.212. The number of unbranched alkanes of at least 4 members (excludes halogenated alkanes) is 2. The maximum absolute atomic E-state index is 13.8. The molecule has 4 rings (SSSR count). The van der Waals surface area contributed by atoms with Crippen LogP contribution < -0.4 is 10.2 Å². The molecular formula is C33H34N2O4. The molecule has 0 fully saturated rings. The number of rotatable bonds is 13. The molecule has 200 valence electrons. The molecule has 0 aliphatic heterocycles. The molecule has 0 bridgehead atoms. The Morgan fingerprint density at radius 2 is 1.41 bits per heavy atom. The quantitative estimate of drug-likeness (QED) is 0.117. The third-order valence-corrected chi connectivity index (χ3v) is 6.34. The Morgan fingerprint density at radius 3 is 2.13 bits per heavy atom. The van der Waals surface area contributed by atoms with Crippen molar-refractivity contribution in [2.45, 2.75) is 38.7 Å². The van der Waals surface area contributed by atoms with Crippen LogP contribution in [0.25, 0.3) is 11.1 Å². The third-order valence-electron chi connectivity index (χ3n) is 6.34. The summed E-state index contributed by atoms with van der Waals surface area (Å²) in [4.78, 5) is 26.6. The number of carbonyl (C=O) groups excluding carboxylic acids is 2. The fourth-order valence-corrected chi connectivity index (χ4v) is 4.25. The molecule has 0 radical (unpaired) electrons. The molecule has 4 aromatic carbocycles. The molecule has 0 aliphatic rings. The van der Waals surface area contributed by atoms with Crippen LogP contribution in [0.5, 0.6) is 5.75 Å². The van der Waals surface area contributed by atoms with E-state index in [0.717, 1.165) is 29.5 Å². The minimum atomic E-state index is -0.994. The van der Waals surface area contributed by atoms with Crippen LogP contribution in [0.3, 0.4) is 0 Å². The minimum Gasteiger partial charge on any atom is -0.493 e. The Labute approximate surface area is 231 Å². The standard InChI is InChI=1S/C33H34N2O4/c36-32(34-38)18-8-3-11-23-39-31-17-10-9-16-30(31)25-35(24-26-12-4-1-5-13-26)33(37)29-21-19-28(20-22-29)27-14-6-2-7-15-27/h1-2,4-7,9-10,12-17,19-22,38H,3,8,11,18,23-25H2,(H,34,36)/i25D. The maximum atomic E-state index is 13.8. The molecule has 0 heterocycles. The molecule has 4 aromatic rings. The van der Waals surface area contributed by atoms with Crippen molar-refractivity contribution in [2.75, 3.05) is 6.61 Å². The summed E-state index contributed by atoms with van der Waals surface area (Å²) in [6.07, 6.45) is 2.37. The lowest BCUT2D eigenvalue weighted by molar-refractivity contribution is -0.129. The van der Waals surface area contributed by atoms with Gasteiger partial charge in [-0.25, -0.2) is 5.48 Å². The highest BCUT2D eigenvalue weighted by Crippen LogP contribution is 2.24. The lowest BCUT2D eigenvalue weighted by Crippen LogP contribution is -2.30. The highest BCUT2D eigenvalue weighted by atomic mass is 16.5. The van der Waals surface area contributed by atoms with Crippen molar-refractivity contribution in [3.63, 3.8) is 0 Å². The minimum absolute atomic E-state index is 0.236. The zero-order valence-corrected chi connectivity index (χ0v) is 21.8. The molecule has 0 spiro atoms. The number of amides is 2. The van der Waals surface area contributed by atoms with E-state index in [1.54, 1.807) is 10.4 Å². The summed E-state index contributed by atoms with van der Waals surface area (Å²) in [5, 5.41) is 8.61. The molecule has 1 unspecified atom stereocenters. The number of ether oxygens (including phenoxy) is 1. The Kier molecular flexibility index (Phi) is 9.74. The van der Waals surface area contributed by atoms with Crippen molar-refractivity contribution in [3.8, 4) is 16.9 Å². The first-order valence-corrected chi connectivity index (χ1v) is 13.1. The monoisotopic (exact) mass is 523 g/mol. The second-order valence-corrected chi connectivity index (χ2v) is 9.22. The summed E-state index contributed by atoms with van der Waals surface area (Å²) in [7, 11) is 0. The molecule has 6 nitrogen and oxygen atoms in total. The van der Waals surface area contributed by atoms with E-state index >= 15 is 0 Å². The summed E-state index contributed by atoms with van der Waals surface area (Å²) in [5.74, 6) is -0.0810. The number of benzene rings is 4. The van der Waals surface area contributed by atoms with E-state index in [0.29, 0.717) is 29.9 Å². The molecule has 1 atom stereocenters. The van der Waals surface area contributed by atoms with Gasteiger partial charge in [-0.05, 0) is 54.2 Å². The summed E-state index contributed by atoms with van der Waals surface area (Å²) in [6.45, 7) is -0.306. The normalized spacial score (nSPS) is 11.8. The van der Waals surface area contributed by atoms with Crippen LogP contribution in [0.1, 0.15) is 48.5 Å². The molecule has 0 saturated carbocycles. The van der Waals surface area contributed by atoms with Gasteiger partial charge in [-0.1, -0.05) is 91.0 Å². The number of hydrogen-bond acceptors (Lipinski definition) is 4. The number of carbonyl (C=O) groups is 2. The van der Waals surface area contributed by atoms with Gasteiger partial charge in [-0.2, -0.15) is 0 Å². The summed E-state index contributed by atoms with van der Waals surface area (Å²) in [5.41, 5.74) is 5.77. The van der Waals surface area contributed by atoms with Gasteiger partial charge in [0.05, 0.1) is 7.98 Å². The maximum Gasteiger partial charge on any atom is 0.254 e. The van der Waals surface area contributed by atoms with Gasteiger partial charge in [0, 0.05) is 30.6 Å². The predicted octanol–water partition coefficient (Wildman–Crippen LogP) is 6.64. The lowest BCUT2D eigenvalue weighted by atomic mass is 10.0. The molecule has 2 N–H and O–H groups in total. The van der Waals surface area contributed by atoms with Crippen molar-refractivity contribution < 1.29 is 20.9 Å². The smallest absolute Gasteiger partial charge is 0.254 e. The second-order valence-electron chi connectivity index (χ2n) is 9.22. The van der Waals surface area contributed by atoms with Crippen molar-refractivity contribution >= 4 is 11.8 Å². The molecule has 6 heteroatoms. The van der Waals surface area contributed by atoms with Crippen molar-refractivity contribution in [3.05, 3.63) is 126 Å². The zero-order chi connectivity index (χ0) is 28.2. The van der Waals surface area contributed by atoms with Gasteiger partial charge >= 0.3 is 0 Å². The van der Waals surface area contributed by atoms with E-state index in [9.17, 15) is 11.0 Å². The summed E-state index contributed by atoms with van der Waals surface area (Å²) >= 11 is 0. The molecular weight excluding hydrogens is 488 g/mol. The topological polar surface area (TPSA) is 78.9 Å².